The van der Waals surface area contributed by atoms with Crippen molar-refractivity contribution < 1.29 is 8.42 Å². The Morgan fingerprint density at radius 3 is 2.44 bits per heavy atom. The van der Waals surface area contributed by atoms with Gasteiger partial charge < -0.3 is 5.32 Å². The number of hydrogen-bond acceptors (Lipinski definition) is 4. The average Bonchev–Trinajstić information content (AvgIpc) is 2.09. The summed E-state index contributed by atoms with van der Waals surface area (Å²) in [4.78, 5) is 2.27. The lowest BCUT2D eigenvalue weighted by atomic mass is 10.1. The van der Waals surface area contributed by atoms with E-state index < -0.39 is 14.6 Å². The number of rotatable bonds is 3. The van der Waals surface area contributed by atoms with Gasteiger partial charge in [0.15, 0.2) is 9.84 Å². The van der Waals surface area contributed by atoms with Crippen LogP contribution in [0, 0.1) is 0 Å². The molecule has 0 aromatic rings. The molecule has 1 rings (SSSR count). The van der Waals surface area contributed by atoms with Crippen molar-refractivity contribution in [2.45, 2.75) is 44.5 Å². The molecule has 96 valence electrons. The van der Waals surface area contributed by atoms with Gasteiger partial charge in [-0.2, -0.15) is 0 Å². The average molecular weight is 248 g/mol. The van der Waals surface area contributed by atoms with Gasteiger partial charge in [-0.1, -0.05) is 0 Å². The van der Waals surface area contributed by atoms with Gasteiger partial charge in [0, 0.05) is 38.0 Å². The summed E-state index contributed by atoms with van der Waals surface area (Å²) >= 11 is 0. The molecule has 0 radical (unpaired) electrons. The van der Waals surface area contributed by atoms with Gasteiger partial charge >= 0.3 is 0 Å². The topological polar surface area (TPSA) is 49.4 Å². The minimum atomic E-state index is -3.00. The fourth-order valence-electron chi connectivity index (χ4n) is 1.92. The minimum Gasteiger partial charge on any atom is -0.311 e. The molecule has 0 spiro atoms. The molecule has 5 heteroatoms. The van der Waals surface area contributed by atoms with Crippen molar-refractivity contribution in [1.82, 2.24) is 10.2 Å². The van der Waals surface area contributed by atoms with E-state index in [0.717, 1.165) is 13.1 Å². The summed E-state index contributed by atoms with van der Waals surface area (Å²) in [6.45, 7) is 10.3. The summed E-state index contributed by atoms with van der Waals surface area (Å²) in [5.41, 5.74) is 0. The highest BCUT2D eigenvalue weighted by Gasteiger charge is 2.35. The van der Waals surface area contributed by atoms with Gasteiger partial charge in [0.05, 0.1) is 4.75 Å². The first kappa shape index (κ1) is 13.9. The maximum atomic E-state index is 11.7. The molecule has 2 unspecified atom stereocenters. The summed E-state index contributed by atoms with van der Waals surface area (Å²) in [5.74, 6) is 0. The lowest BCUT2D eigenvalue weighted by molar-refractivity contribution is 0.136. The molecule has 2 atom stereocenters. The molecule has 0 saturated carbocycles. The maximum Gasteiger partial charge on any atom is 0.153 e. The Morgan fingerprint density at radius 1 is 1.38 bits per heavy atom. The summed E-state index contributed by atoms with van der Waals surface area (Å²) in [5, 5.41) is 3.40. The van der Waals surface area contributed by atoms with E-state index in [2.05, 4.69) is 24.1 Å². The quantitative estimate of drug-likeness (QED) is 0.790. The van der Waals surface area contributed by atoms with Crippen LogP contribution in [0.5, 0.6) is 0 Å². The number of nitrogens with one attached hydrogen (secondary N) is 1. The Hall–Kier alpha value is -0.130. The molecule has 0 bridgehead atoms. The van der Waals surface area contributed by atoms with Crippen LogP contribution < -0.4 is 5.32 Å². The molecule has 1 aliphatic heterocycles. The van der Waals surface area contributed by atoms with Crippen molar-refractivity contribution in [3.05, 3.63) is 0 Å². The SMILES string of the molecule is CC1CN(CC(C)(C)S(C)(=O)=O)C(C)CN1. The summed E-state index contributed by atoms with van der Waals surface area (Å²) < 4.78 is 22.7. The van der Waals surface area contributed by atoms with Crippen molar-refractivity contribution >= 4 is 9.84 Å². The molecule has 0 aliphatic carbocycles. The molecule has 1 aliphatic rings. The second-order valence-electron chi connectivity index (χ2n) is 5.62. The van der Waals surface area contributed by atoms with Crippen LogP contribution in [0.25, 0.3) is 0 Å². The van der Waals surface area contributed by atoms with Crippen LogP contribution in [0.4, 0.5) is 0 Å². The number of piperazine rings is 1. The lowest BCUT2D eigenvalue weighted by Gasteiger charge is -2.41. The van der Waals surface area contributed by atoms with E-state index in [1.54, 1.807) is 0 Å². The molecular weight excluding hydrogens is 224 g/mol. The first-order chi connectivity index (χ1) is 7.13. The first-order valence-electron chi connectivity index (χ1n) is 5.80. The van der Waals surface area contributed by atoms with Crippen LogP contribution in [0.2, 0.25) is 0 Å². The van der Waals surface area contributed by atoms with E-state index in [1.165, 1.54) is 6.26 Å². The molecule has 1 heterocycles. The fraction of sp³-hybridized carbons (Fsp3) is 1.00. The van der Waals surface area contributed by atoms with Gasteiger partial charge in [-0.3, -0.25) is 4.90 Å². The smallest absolute Gasteiger partial charge is 0.153 e. The molecule has 0 aromatic heterocycles. The first-order valence-corrected chi connectivity index (χ1v) is 7.69. The second kappa shape index (κ2) is 4.63. The van der Waals surface area contributed by atoms with Crippen LogP contribution in [-0.2, 0) is 9.84 Å². The Labute approximate surface area is 99.3 Å². The Kier molecular flexibility index (Phi) is 4.03. The van der Waals surface area contributed by atoms with Crippen LogP contribution in [0.1, 0.15) is 27.7 Å². The van der Waals surface area contributed by atoms with Crippen molar-refractivity contribution in [1.29, 1.82) is 0 Å². The highest BCUT2D eigenvalue weighted by Crippen LogP contribution is 2.19. The third-order valence-corrected chi connectivity index (χ3v) is 5.62. The summed E-state index contributed by atoms with van der Waals surface area (Å²) in [6, 6.07) is 0.837. The zero-order valence-electron chi connectivity index (χ0n) is 10.9. The van der Waals surface area contributed by atoms with Gasteiger partial charge in [0.1, 0.15) is 0 Å². The summed E-state index contributed by atoms with van der Waals surface area (Å²) in [6.07, 6.45) is 1.32. The van der Waals surface area contributed by atoms with Crippen LogP contribution in [0.3, 0.4) is 0 Å². The number of hydrogen-bond donors (Lipinski definition) is 1. The van der Waals surface area contributed by atoms with E-state index in [0.29, 0.717) is 18.6 Å². The largest absolute Gasteiger partial charge is 0.311 e. The summed E-state index contributed by atoms with van der Waals surface area (Å²) in [7, 11) is -3.00. The van der Waals surface area contributed by atoms with E-state index in [-0.39, 0.29) is 0 Å². The van der Waals surface area contributed by atoms with Crippen LogP contribution in [-0.4, -0.2) is 56.0 Å². The minimum absolute atomic E-state index is 0.400. The highest BCUT2D eigenvalue weighted by atomic mass is 32.2. The molecule has 1 fully saturated rings. The number of sulfone groups is 1. The van der Waals surface area contributed by atoms with Crippen molar-refractivity contribution in [2.24, 2.45) is 0 Å². The van der Waals surface area contributed by atoms with Gasteiger partial charge in [-0.25, -0.2) is 8.42 Å². The van der Waals surface area contributed by atoms with E-state index >= 15 is 0 Å². The third kappa shape index (κ3) is 3.18. The monoisotopic (exact) mass is 248 g/mol. The molecule has 1 saturated heterocycles. The predicted molar refractivity (Wildman–Crippen MR) is 67.4 cm³/mol. The van der Waals surface area contributed by atoms with Gasteiger partial charge in [-0.05, 0) is 27.7 Å². The molecular formula is C11H24N2O2S. The predicted octanol–water partition coefficient (Wildman–Crippen LogP) is 0.492. The van der Waals surface area contributed by atoms with Crippen LogP contribution >= 0.6 is 0 Å². The zero-order chi connectivity index (χ0) is 12.6. The van der Waals surface area contributed by atoms with Crippen molar-refractivity contribution in [2.75, 3.05) is 25.9 Å². The van der Waals surface area contributed by atoms with E-state index in [9.17, 15) is 8.42 Å². The third-order valence-electron chi connectivity index (χ3n) is 3.48. The second-order valence-corrected chi connectivity index (χ2v) is 8.27. The number of nitrogens with zero attached hydrogens (tertiary/aromatic N) is 1. The standard InChI is InChI=1S/C11H24N2O2S/c1-9-7-13(10(2)6-12-9)8-11(3,4)16(5,14)15/h9-10,12H,6-8H2,1-5H3. The maximum absolute atomic E-state index is 11.7. The van der Waals surface area contributed by atoms with Crippen LogP contribution in [0.15, 0.2) is 0 Å². The molecule has 4 nitrogen and oxygen atoms in total. The van der Waals surface area contributed by atoms with Crippen molar-refractivity contribution in [3.63, 3.8) is 0 Å². The molecule has 16 heavy (non-hydrogen) atoms. The van der Waals surface area contributed by atoms with Gasteiger partial charge in [0.2, 0.25) is 0 Å². The Balaban J connectivity index is 2.72. The van der Waals surface area contributed by atoms with E-state index in [4.69, 9.17) is 0 Å². The van der Waals surface area contributed by atoms with Gasteiger partial charge in [0.25, 0.3) is 0 Å². The van der Waals surface area contributed by atoms with Gasteiger partial charge in [-0.15, -0.1) is 0 Å². The van der Waals surface area contributed by atoms with E-state index in [1.807, 2.05) is 13.8 Å². The molecule has 0 aromatic carbocycles. The van der Waals surface area contributed by atoms with Crippen molar-refractivity contribution in [3.8, 4) is 0 Å². The lowest BCUT2D eigenvalue weighted by Crippen LogP contribution is -2.58. The Bertz CT molecular complexity index is 338. The Morgan fingerprint density at radius 2 is 1.94 bits per heavy atom. The highest BCUT2D eigenvalue weighted by molar-refractivity contribution is 7.92. The fourth-order valence-corrected chi connectivity index (χ4v) is 2.32. The molecule has 0 amide bonds. The molecule has 1 N–H and O–H groups in total. The normalized spacial score (nSPS) is 29.3. The zero-order valence-corrected chi connectivity index (χ0v) is 11.8.